The van der Waals surface area contributed by atoms with Crippen LogP contribution >= 0.6 is 0 Å². The molecule has 57 heavy (non-hydrogen) atoms. The Morgan fingerprint density at radius 1 is 0.333 bits per heavy atom. The summed E-state index contributed by atoms with van der Waals surface area (Å²) in [6, 6.07) is 62.7. The Bertz CT molecular complexity index is 3530. The fraction of sp³-hybridized carbons (Fsp3) is 0. The molecule has 4 aromatic heterocycles. The fourth-order valence-corrected chi connectivity index (χ4v) is 8.39. The molecule has 6 heteroatoms. The van der Waals surface area contributed by atoms with E-state index < -0.39 is 0 Å². The van der Waals surface area contributed by atoms with Crippen molar-refractivity contribution in [3.63, 3.8) is 0 Å². The van der Waals surface area contributed by atoms with E-state index >= 15 is 0 Å². The molecule has 0 spiro atoms. The third kappa shape index (κ3) is 5.01. The zero-order valence-corrected chi connectivity index (χ0v) is 30.4. The Morgan fingerprint density at radius 3 is 1.72 bits per heavy atom. The molecule has 0 aliphatic heterocycles. The van der Waals surface area contributed by atoms with Crippen molar-refractivity contribution in [2.45, 2.75) is 0 Å². The normalized spacial score (nSPS) is 11.9. The van der Waals surface area contributed by atoms with Crippen LogP contribution in [0.15, 0.2) is 191 Å². The summed E-state index contributed by atoms with van der Waals surface area (Å²) in [6.07, 6.45) is 0. The van der Waals surface area contributed by atoms with Crippen molar-refractivity contribution in [1.29, 1.82) is 0 Å². The predicted molar refractivity (Wildman–Crippen MR) is 230 cm³/mol. The number of rotatable bonds is 5. The molecule has 6 nitrogen and oxygen atoms in total. The van der Waals surface area contributed by atoms with Gasteiger partial charge in [-0.25, -0.2) is 15.0 Å². The SMILES string of the molecule is c1ccc(-c2nc(-c3ccc4c(c3)oc3ccc(-c5ccc6c(c5)oc5ccccc56)cc34)nc(-c3cccc4c5ccccc5n(-c5ccccc5)c34)n2)cc1. The minimum atomic E-state index is 0.570. The third-order valence-corrected chi connectivity index (χ3v) is 11.1. The number of para-hydroxylation sites is 4. The number of aromatic nitrogens is 4. The Morgan fingerprint density at radius 2 is 0.895 bits per heavy atom. The van der Waals surface area contributed by atoms with Crippen molar-refractivity contribution < 1.29 is 8.83 Å². The average molecular weight is 731 g/mol. The lowest BCUT2D eigenvalue weighted by Gasteiger charge is -2.12. The molecule has 12 rings (SSSR count). The molecule has 0 atom stereocenters. The van der Waals surface area contributed by atoms with E-state index in [1.54, 1.807) is 0 Å². The zero-order chi connectivity index (χ0) is 37.5. The first-order valence-corrected chi connectivity index (χ1v) is 19.0. The van der Waals surface area contributed by atoms with Crippen LogP contribution in [0, 0.1) is 0 Å². The van der Waals surface area contributed by atoms with Crippen LogP contribution in [-0.2, 0) is 0 Å². The first-order valence-electron chi connectivity index (χ1n) is 19.0. The second-order valence-electron chi connectivity index (χ2n) is 14.4. The van der Waals surface area contributed by atoms with Crippen LogP contribution in [-0.4, -0.2) is 19.5 Å². The Hall–Kier alpha value is -7.83. The maximum absolute atomic E-state index is 6.51. The van der Waals surface area contributed by atoms with Gasteiger partial charge in [-0.3, -0.25) is 0 Å². The summed E-state index contributed by atoms with van der Waals surface area (Å²) in [6.45, 7) is 0. The van der Waals surface area contributed by atoms with Gasteiger partial charge in [0.15, 0.2) is 17.5 Å². The lowest BCUT2D eigenvalue weighted by Crippen LogP contribution is -2.02. The fourth-order valence-electron chi connectivity index (χ4n) is 8.39. The van der Waals surface area contributed by atoms with Gasteiger partial charge in [-0.05, 0) is 77.9 Å². The van der Waals surface area contributed by atoms with Crippen molar-refractivity contribution >= 4 is 65.7 Å². The van der Waals surface area contributed by atoms with E-state index in [0.717, 1.165) is 93.8 Å². The molecular formula is C51H30N4O2. The standard InChI is InChI=1S/C51H30N4O2/c1-3-12-31(13-4-1)49-52-50(54-51(53-49)41-19-11-18-40-36-16-7-9-20-43(36)55(48(40)41)35-14-5-2-6-15-35)34-23-26-39-42-28-32(24-27-45(42)57-47(39)30-34)33-22-25-38-37-17-8-10-21-44(37)56-46(38)29-33/h1-30H. The summed E-state index contributed by atoms with van der Waals surface area (Å²) in [4.78, 5) is 15.5. The summed E-state index contributed by atoms with van der Waals surface area (Å²) in [5.74, 6) is 1.77. The molecular weight excluding hydrogens is 701 g/mol. The summed E-state index contributed by atoms with van der Waals surface area (Å²) in [5.41, 5.74) is 11.4. The van der Waals surface area contributed by atoms with Gasteiger partial charge >= 0.3 is 0 Å². The van der Waals surface area contributed by atoms with Crippen LogP contribution in [0.1, 0.15) is 0 Å². The van der Waals surface area contributed by atoms with Crippen molar-refractivity contribution in [2.24, 2.45) is 0 Å². The number of hydrogen-bond donors (Lipinski definition) is 0. The molecule has 0 saturated heterocycles. The number of hydrogen-bond acceptors (Lipinski definition) is 5. The van der Waals surface area contributed by atoms with E-state index in [1.165, 1.54) is 5.39 Å². The number of benzene rings is 8. The first kappa shape index (κ1) is 31.5. The maximum atomic E-state index is 6.51. The maximum Gasteiger partial charge on any atom is 0.166 e. The minimum absolute atomic E-state index is 0.570. The summed E-state index contributed by atoms with van der Waals surface area (Å²) < 4.78 is 15.0. The van der Waals surface area contributed by atoms with Crippen LogP contribution in [0.5, 0.6) is 0 Å². The van der Waals surface area contributed by atoms with Gasteiger partial charge in [-0.1, -0.05) is 115 Å². The van der Waals surface area contributed by atoms with E-state index in [0.29, 0.717) is 17.5 Å². The van der Waals surface area contributed by atoms with Gasteiger partial charge in [-0.15, -0.1) is 0 Å². The van der Waals surface area contributed by atoms with E-state index in [9.17, 15) is 0 Å². The molecule has 4 heterocycles. The largest absolute Gasteiger partial charge is 0.456 e. The van der Waals surface area contributed by atoms with Gasteiger partial charge in [0.1, 0.15) is 22.3 Å². The highest BCUT2D eigenvalue weighted by Gasteiger charge is 2.21. The smallest absolute Gasteiger partial charge is 0.166 e. The van der Waals surface area contributed by atoms with Gasteiger partial charge < -0.3 is 13.4 Å². The molecule has 0 radical (unpaired) electrons. The van der Waals surface area contributed by atoms with Crippen molar-refractivity contribution in [3.8, 4) is 51.0 Å². The van der Waals surface area contributed by atoms with E-state index in [4.69, 9.17) is 23.8 Å². The van der Waals surface area contributed by atoms with Gasteiger partial charge in [0.25, 0.3) is 0 Å². The highest BCUT2D eigenvalue weighted by molar-refractivity contribution is 6.13. The number of furan rings is 2. The first-order chi connectivity index (χ1) is 28.2. The predicted octanol–water partition coefficient (Wildman–Crippen LogP) is 13.4. The Balaban J connectivity index is 1.02. The third-order valence-electron chi connectivity index (χ3n) is 11.1. The molecule has 12 aromatic rings. The monoisotopic (exact) mass is 730 g/mol. The molecule has 0 amide bonds. The molecule has 8 aromatic carbocycles. The van der Waals surface area contributed by atoms with E-state index in [1.807, 2.05) is 66.7 Å². The molecule has 0 N–H and O–H groups in total. The molecule has 0 aliphatic carbocycles. The van der Waals surface area contributed by atoms with Gasteiger partial charge in [-0.2, -0.15) is 0 Å². The second kappa shape index (κ2) is 12.3. The van der Waals surface area contributed by atoms with Crippen LogP contribution in [0.2, 0.25) is 0 Å². The average Bonchev–Trinajstić information content (AvgIpc) is 3.95. The Kier molecular flexibility index (Phi) is 6.83. The molecule has 0 fully saturated rings. The summed E-state index contributed by atoms with van der Waals surface area (Å²) in [7, 11) is 0. The minimum Gasteiger partial charge on any atom is -0.456 e. The molecule has 0 aliphatic rings. The Labute approximate surface area is 325 Å². The van der Waals surface area contributed by atoms with E-state index in [-0.39, 0.29) is 0 Å². The van der Waals surface area contributed by atoms with Crippen LogP contribution in [0.25, 0.3) is 117 Å². The summed E-state index contributed by atoms with van der Waals surface area (Å²) in [5, 5.41) is 6.61. The highest BCUT2D eigenvalue weighted by Crippen LogP contribution is 2.40. The van der Waals surface area contributed by atoms with Gasteiger partial charge in [0.05, 0.1) is 11.0 Å². The van der Waals surface area contributed by atoms with Crippen LogP contribution in [0.4, 0.5) is 0 Å². The van der Waals surface area contributed by atoms with Crippen molar-refractivity contribution in [1.82, 2.24) is 19.5 Å². The van der Waals surface area contributed by atoms with Gasteiger partial charge in [0, 0.05) is 54.7 Å². The molecule has 0 unspecified atom stereocenters. The van der Waals surface area contributed by atoms with Crippen LogP contribution < -0.4 is 0 Å². The molecule has 0 saturated carbocycles. The van der Waals surface area contributed by atoms with Crippen LogP contribution in [0.3, 0.4) is 0 Å². The van der Waals surface area contributed by atoms with Crippen molar-refractivity contribution in [3.05, 3.63) is 182 Å². The molecule has 266 valence electrons. The van der Waals surface area contributed by atoms with Crippen molar-refractivity contribution in [2.75, 3.05) is 0 Å². The van der Waals surface area contributed by atoms with Gasteiger partial charge in [0.2, 0.25) is 0 Å². The topological polar surface area (TPSA) is 69.9 Å². The lowest BCUT2D eigenvalue weighted by molar-refractivity contribution is 0.669. The molecule has 0 bridgehead atoms. The number of fused-ring (bicyclic) bond motifs is 9. The van der Waals surface area contributed by atoms with E-state index in [2.05, 4.69) is 120 Å². The number of nitrogens with zero attached hydrogens (tertiary/aromatic N) is 4. The lowest BCUT2D eigenvalue weighted by atomic mass is 10.0. The quantitative estimate of drug-likeness (QED) is 0.176. The zero-order valence-electron chi connectivity index (χ0n) is 30.4. The summed E-state index contributed by atoms with van der Waals surface area (Å²) >= 11 is 0. The second-order valence-corrected chi connectivity index (χ2v) is 14.4. The highest BCUT2D eigenvalue weighted by atomic mass is 16.3.